The van der Waals surface area contributed by atoms with E-state index in [4.69, 9.17) is 4.74 Å². The summed E-state index contributed by atoms with van der Waals surface area (Å²) in [5.41, 5.74) is 2.16. The number of anilines is 1. The summed E-state index contributed by atoms with van der Waals surface area (Å²) in [7, 11) is 0. The first kappa shape index (κ1) is 18.6. The van der Waals surface area contributed by atoms with Crippen LogP contribution < -0.4 is 4.90 Å². The minimum absolute atomic E-state index is 0.0374. The Morgan fingerprint density at radius 3 is 2.83 bits per heavy atom. The summed E-state index contributed by atoms with van der Waals surface area (Å²) in [6.45, 7) is 2.19. The van der Waals surface area contributed by atoms with Gasteiger partial charge in [-0.25, -0.2) is 9.37 Å². The number of nitriles is 1. The minimum atomic E-state index is -0.432. The maximum atomic E-state index is 13.4. The third-order valence-corrected chi connectivity index (χ3v) is 4.68. The van der Waals surface area contributed by atoms with Crippen LogP contribution in [0.15, 0.2) is 36.4 Å². The molecule has 29 heavy (non-hydrogen) atoms. The number of hydrogen-bond donors (Lipinski definition) is 1. The molecule has 2 heterocycles. The number of aromatic amines is 1. The summed E-state index contributed by atoms with van der Waals surface area (Å²) in [5.74, 6) is -0.141. The number of H-pyrrole nitrogens is 1. The Kier molecular flexibility index (Phi) is 4.93. The Morgan fingerprint density at radius 2 is 2.10 bits per heavy atom. The highest BCUT2D eigenvalue weighted by Crippen LogP contribution is 2.31. The summed E-state index contributed by atoms with van der Waals surface area (Å²) in [5, 5.41) is 21.1. The van der Waals surface area contributed by atoms with Crippen molar-refractivity contribution < 1.29 is 14.1 Å². The second-order valence-corrected chi connectivity index (χ2v) is 6.52. The lowest BCUT2D eigenvalue weighted by Gasteiger charge is -2.28. The van der Waals surface area contributed by atoms with Gasteiger partial charge in [-0.3, -0.25) is 10.1 Å². The highest BCUT2D eigenvalue weighted by Gasteiger charge is 2.22. The van der Waals surface area contributed by atoms with E-state index in [1.807, 2.05) is 11.0 Å². The Balaban J connectivity index is 1.72. The number of morpholine rings is 1. The molecule has 0 bridgehead atoms. The highest BCUT2D eigenvalue weighted by molar-refractivity contribution is 5.91. The van der Waals surface area contributed by atoms with E-state index in [1.54, 1.807) is 12.1 Å². The molecule has 1 aliphatic rings. The summed E-state index contributed by atoms with van der Waals surface area (Å²) in [4.78, 5) is 20.3. The Bertz CT molecular complexity index is 1160. The standard InChI is InChI=1S/C20H16FN5O3/c21-15-2-3-16-17(11-15)24-20(23-16)14(12-22)9-13-1-4-18(19(10-13)26(27)28)25-5-7-29-8-6-25/h1-4,9-11H,5-8H2,(H,23,24)/b14-9-. The zero-order chi connectivity index (χ0) is 20.4. The third kappa shape index (κ3) is 3.79. The predicted octanol–water partition coefficient (Wildman–Crippen LogP) is 3.51. The predicted molar refractivity (Wildman–Crippen MR) is 106 cm³/mol. The molecule has 0 unspecified atom stereocenters. The highest BCUT2D eigenvalue weighted by atomic mass is 19.1. The van der Waals surface area contributed by atoms with Crippen LogP contribution in [0, 0.1) is 27.3 Å². The van der Waals surface area contributed by atoms with Crippen LogP contribution >= 0.6 is 0 Å². The fourth-order valence-electron chi connectivity index (χ4n) is 3.28. The first-order valence-electron chi connectivity index (χ1n) is 8.94. The van der Waals surface area contributed by atoms with Gasteiger partial charge in [0.05, 0.1) is 34.7 Å². The Labute approximate surface area is 165 Å². The molecule has 0 aliphatic carbocycles. The van der Waals surface area contributed by atoms with Gasteiger partial charge < -0.3 is 14.6 Å². The lowest BCUT2D eigenvalue weighted by Crippen LogP contribution is -2.36. The van der Waals surface area contributed by atoms with Crippen molar-refractivity contribution in [3.05, 3.63) is 63.7 Å². The number of imidazole rings is 1. The van der Waals surface area contributed by atoms with Crippen molar-refractivity contribution in [3.63, 3.8) is 0 Å². The van der Waals surface area contributed by atoms with Gasteiger partial charge in [0.2, 0.25) is 0 Å². The number of nitro groups is 1. The number of benzene rings is 2. The largest absolute Gasteiger partial charge is 0.378 e. The smallest absolute Gasteiger partial charge is 0.293 e. The van der Waals surface area contributed by atoms with Gasteiger partial charge in [0.25, 0.3) is 5.69 Å². The number of halogens is 1. The van der Waals surface area contributed by atoms with Gasteiger partial charge in [0, 0.05) is 19.2 Å². The molecular formula is C20H16FN5O3. The van der Waals surface area contributed by atoms with Crippen molar-refractivity contribution in [2.45, 2.75) is 0 Å². The average molecular weight is 393 g/mol. The number of rotatable bonds is 4. The molecule has 1 fully saturated rings. The minimum Gasteiger partial charge on any atom is -0.378 e. The number of allylic oxidation sites excluding steroid dienone is 1. The van der Waals surface area contributed by atoms with E-state index in [-0.39, 0.29) is 17.1 Å². The lowest BCUT2D eigenvalue weighted by molar-refractivity contribution is -0.384. The van der Waals surface area contributed by atoms with Crippen LogP contribution in [0.5, 0.6) is 0 Å². The summed E-state index contributed by atoms with van der Waals surface area (Å²) in [6, 6.07) is 11.0. The number of aromatic nitrogens is 2. The van der Waals surface area contributed by atoms with Crippen molar-refractivity contribution in [1.29, 1.82) is 5.26 Å². The Morgan fingerprint density at radius 1 is 1.31 bits per heavy atom. The van der Waals surface area contributed by atoms with Crippen LogP contribution in [0.2, 0.25) is 0 Å². The molecule has 1 aromatic heterocycles. The van der Waals surface area contributed by atoms with Crippen LogP contribution in [0.1, 0.15) is 11.4 Å². The van der Waals surface area contributed by atoms with Crippen LogP contribution in [0.3, 0.4) is 0 Å². The molecule has 4 rings (SSSR count). The van der Waals surface area contributed by atoms with E-state index in [0.717, 1.165) is 0 Å². The van der Waals surface area contributed by atoms with Crippen molar-refractivity contribution >= 4 is 34.1 Å². The lowest BCUT2D eigenvalue weighted by atomic mass is 10.1. The molecule has 9 heteroatoms. The zero-order valence-corrected chi connectivity index (χ0v) is 15.3. The Hall–Kier alpha value is -3.77. The molecule has 1 N–H and O–H groups in total. The first-order valence-corrected chi connectivity index (χ1v) is 8.94. The van der Waals surface area contributed by atoms with Gasteiger partial charge >= 0.3 is 0 Å². The van der Waals surface area contributed by atoms with Gasteiger partial charge in [-0.05, 0) is 35.9 Å². The SMILES string of the molecule is N#C/C(=C/c1ccc(N2CCOCC2)c([N+](=O)[O-])c1)c1nc2ccc(F)cc2[nH]1. The maximum absolute atomic E-state index is 13.4. The molecule has 8 nitrogen and oxygen atoms in total. The summed E-state index contributed by atoms with van der Waals surface area (Å²) < 4.78 is 18.7. The zero-order valence-electron chi connectivity index (χ0n) is 15.3. The fourth-order valence-corrected chi connectivity index (χ4v) is 3.28. The van der Waals surface area contributed by atoms with Crippen LogP contribution in [-0.2, 0) is 4.74 Å². The van der Waals surface area contributed by atoms with Gasteiger partial charge in [-0.2, -0.15) is 5.26 Å². The van der Waals surface area contributed by atoms with Crippen molar-refractivity contribution in [2.75, 3.05) is 31.2 Å². The van der Waals surface area contributed by atoms with Crippen molar-refractivity contribution in [3.8, 4) is 6.07 Å². The normalized spacial score (nSPS) is 14.8. The molecule has 1 aliphatic heterocycles. The third-order valence-electron chi connectivity index (χ3n) is 4.68. The topological polar surface area (TPSA) is 108 Å². The molecule has 146 valence electrons. The molecule has 0 saturated carbocycles. The number of nitro benzene ring substituents is 1. The van der Waals surface area contributed by atoms with Crippen LogP contribution in [-0.4, -0.2) is 41.2 Å². The molecular weight excluding hydrogens is 377 g/mol. The quantitative estimate of drug-likeness (QED) is 0.413. The summed E-state index contributed by atoms with van der Waals surface area (Å²) >= 11 is 0. The van der Waals surface area contributed by atoms with Gasteiger partial charge in [0.15, 0.2) is 0 Å². The van der Waals surface area contributed by atoms with E-state index in [0.29, 0.717) is 48.6 Å². The second kappa shape index (κ2) is 7.69. The fraction of sp³-hybridized carbons (Fsp3) is 0.200. The van der Waals surface area contributed by atoms with Gasteiger partial charge in [-0.1, -0.05) is 6.07 Å². The molecule has 0 radical (unpaired) electrons. The van der Waals surface area contributed by atoms with E-state index >= 15 is 0 Å². The molecule has 0 atom stereocenters. The molecule has 0 spiro atoms. The monoisotopic (exact) mass is 393 g/mol. The molecule has 3 aromatic rings. The molecule has 0 amide bonds. The van der Waals surface area contributed by atoms with Crippen molar-refractivity contribution in [1.82, 2.24) is 9.97 Å². The van der Waals surface area contributed by atoms with Gasteiger partial charge in [0.1, 0.15) is 23.4 Å². The number of fused-ring (bicyclic) bond motifs is 1. The number of nitrogens with zero attached hydrogens (tertiary/aromatic N) is 4. The van der Waals surface area contributed by atoms with Crippen LogP contribution in [0.4, 0.5) is 15.8 Å². The average Bonchev–Trinajstić information content (AvgIpc) is 3.15. The van der Waals surface area contributed by atoms with Gasteiger partial charge in [-0.15, -0.1) is 0 Å². The molecule has 2 aromatic carbocycles. The van der Waals surface area contributed by atoms with E-state index in [2.05, 4.69) is 9.97 Å². The number of hydrogen-bond acceptors (Lipinski definition) is 6. The van der Waals surface area contributed by atoms with Crippen LogP contribution in [0.25, 0.3) is 22.7 Å². The second-order valence-electron chi connectivity index (χ2n) is 6.52. The van der Waals surface area contributed by atoms with E-state index < -0.39 is 10.7 Å². The first-order chi connectivity index (χ1) is 14.0. The number of nitrogens with one attached hydrogen (secondary N) is 1. The number of ether oxygens (including phenoxy) is 1. The summed E-state index contributed by atoms with van der Waals surface area (Å²) in [6.07, 6.45) is 1.52. The van der Waals surface area contributed by atoms with E-state index in [9.17, 15) is 19.8 Å². The maximum Gasteiger partial charge on any atom is 0.293 e. The van der Waals surface area contributed by atoms with Crippen molar-refractivity contribution in [2.24, 2.45) is 0 Å². The molecule has 1 saturated heterocycles. The van der Waals surface area contributed by atoms with E-state index in [1.165, 1.54) is 30.3 Å².